The predicted molar refractivity (Wildman–Crippen MR) is 76.0 cm³/mol. The minimum Gasteiger partial charge on any atom is -0.385 e. The molecule has 0 atom stereocenters. The highest BCUT2D eigenvalue weighted by molar-refractivity contribution is 9.10. The first kappa shape index (κ1) is 16.4. The van der Waals surface area contributed by atoms with Crippen molar-refractivity contribution in [3.05, 3.63) is 28.2 Å². The number of hydrogen-bond donors (Lipinski definition) is 1. The average Bonchev–Trinajstić information content (AvgIpc) is 2.32. The van der Waals surface area contributed by atoms with Crippen LogP contribution in [-0.2, 0) is 13.8 Å². The Labute approximate surface area is 124 Å². The third kappa shape index (κ3) is 5.48. The van der Waals surface area contributed by atoms with Gasteiger partial charge in [-0.25, -0.2) is 8.42 Å². The second-order valence-electron chi connectivity index (χ2n) is 3.72. The van der Waals surface area contributed by atoms with Crippen LogP contribution in [0.15, 0.2) is 27.6 Å². The van der Waals surface area contributed by atoms with Crippen LogP contribution in [0.25, 0.3) is 0 Å². The fourth-order valence-corrected chi connectivity index (χ4v) is 2.80. The predicted octanol–water partition coefficient (Wildman–Crippen LogP) is 2.14. The molecule has 1 aromatic carbocycles. The van der Waals surface area contributed by atoms with E-state index in [0.717, 1.165) is 0 Å². The zero-order valence-corrected chi connectivity index (χ0v) is 13.3. The van der Waals surface area contributed by atoms with Gasteiger partial charge in [-0.2, -0.15) is 0 Å². The Morgan fingerprint density at radius 2 is 2.11 bits per heavy atom. The van der Waals surface area contributed by atoms with E-state index in [9.17, 15) is 13.2 Å². The van der Waals surface area contributed by atoms with E-state index in [0.29, 0.717) is 24.0 Å². The molecule has 1 rings (SSSR count). The molecule has 0 saturated carbocycles. The van der Waals surface area contributed by atoms with Gasteiger partial charge in [0.05, 0.1) is 4.90 Å². The molecule has 106 valence electrons. The summed E-state index contributed by atoms with van der Waals surface area (Å²) in [6, 6.07) is 4.10. The third-order valence-corrected chi connectivity index (χ3v) is 4.02. The van der Waals surface area contributed by atoms with Crippen molar-refractivity contribution in [2.75, 3.05) is 20.3 Å². The lowest BCUT2D eigenvalue weighted by Gasteiger charge is -2.06. The van der Waals surface area contributed by atoms with Crippen LogP contribution in [0.2, 0.25) is 0 Å². The number of carbonyl (C=O) groups is 1. The van der Waals surface area contributed by atoms with Crippen LogP contribution in [0.4, 0.5) is 0 Å². The highest BCUT2D eigenvalue weighted by Gasteiger charge is 2.15. The Balaban J connectivity index is 2.83. The summed E-state index contributed by atoms with van der Waals surface area (Å²) in [6.07, 6.45) is 0.677. The molecule has 8 heteroatoms. The van der Waals surface area contributed by atoms with Gasteiger partial charge < -0.3 is 10.1 Å². The van der Waals surface area contributed by atoms with Crippen molar-refractivity contribution in [3.63, 3.8) is 0 Å². The smallest absolute Gasteiger partial charge is 0.261 e. The minimum absolute atomic E-state index is 0.120. The number of nitrogens with one attached hydrogen (secondary N) is 1. The van der Waals surface area contributed by atoms with Crippen LogP contribution >= 0.6 is 26.6 Å². The van der Waals surface area contributed by atoms with Gasteiger partial charge in [0, 0.05) is 41.0 Å². The minimum atomic E-state index is -3.87. The first-order valence-corrected chi connectivity index (χ1v) is 8.47. The molecule has 0 aliphatic rings. The molecule has 0 spiro atoms. The molecular weight excluding hydrogens is 358 g/mol. The molecule has 0 aliphatic carbocycles. The quantitative estimate of drug-likeness (QED) is 0.615. The van der Waals surface area contributed by atoms with Gasteiger partial charge in [-0.05, 0) is 24.6 Å². The van der Waals surface area contributed by atoms with Crippen molar-refractivity contribution in [3.8, 4) is 0 Å². The van der Waals surface area contributed by atoms with E-state index in [4.69, 9.17) is 15.4 Å². The maximum absolute atomic E-state index is 11.8. The van der Waals surface area contributed by atoms with Gasteiger partial charge in [-0.1, -0.05) is 15.9 Å². The zero-order valence-electron chi connectivity index (χ0n) is 10.2. The van der Waals surface area contributed by atoms with Gasteiger partial charge in [0.25, 0.3) is 15.0 Å². The van der Waals surface area contributed by atoms with Crippen LogP contribution in [0.1, 0.15) is 16.8 Å². The summed E-state index contributed by atoms with van der Waals surface area (Å²) in [5.74, 6) is -0.362. The molecule has 19 heavy (non-hydrogen) atoms. The molecule has 0 heterocycles. The lowest BCUT2D eigenvalue weighted by Crippen LogP contribution is -2.25. The summed E-state index contributed by atoms with van der Waals surface area (Å²) in [7, 11) is 2.96. The SMILES string of the molecule is COCCCNC(=O)c1cc(Br)cc(S(=O)(=O)Cl)c1. The Kier molecular flexibility index (Phi) is 6.25. The van der Waals surface area contributed by atoms with Gasteiger partial charge in [0.15, 0.2) is 0 Å². The van der Waals surface area contributed by atoms with Gasteiger partial charge in [0.2, 0.25) is 0 Å². The molecule has 0 bridgehead atoms. The van der Waals surface area contributed by atoms with E-state index < -0.39 is 9.05 Å². The van der Waals surface area contributed by atoms with Crippen molar-refractivity contribution in [1.29, 1.82) is 0 Å². The van der Waals surface area contributed by atoms with Crippen LogP contribution < -0.4 is 5.32 Å². The first-order valence-electron chi connectivity index (χ1n) is 5.37. The number of carbonyl (C=O) groups excluding carboxylic acids is 1. The summed E-state index contributed by atoms with van der Waals surface area (Å²) in [6.45, 7) is 0.988. The Bertz CT molecular complexity index is 562. The number of rotatable bonds is 6. The van der Waals surface area contributed by atoms with E-state index in [1.165, 1.54) is 18.2 Å². The van der Waals surface area contributed by atoms with Gasteiger partial charge in [0.1, 0.15) is 0 Å². The Morgan fingerprint density at radius 1 is 1.42 bits per heavy atom. The van der Waals surface area contributed by atoms with Crippen molar-refractivity contribution < 1.29 is 17.9 Å². The molecule has 0 radical (unpaired) electrons. The topological polar surface area (TPSA) is 72.5 Å². The molecular formula is C11H13BrClNO4S. The molecule has 1 aromatic rings. The van der Waals surface area contributed by atoms with Gasteiger partial charge >= 0.3 is 0 Å². The highest BCUT2D eigenvalue weighted by atomic mass is 79.9. The fourth-order valence-electron chi connectivity index (χ4n) is 1.36. The summed E-state index contributed by atoms with van der Waals surface area (Å²) in [5, 5.41) is 2.66. The fraction of sp³-hybridized carbons (Fsp3) is 0.364. The Hall–Kier alpha value is -0.630. The summed E-state index contributed by atoms with van der Waals surface area (Å²) in [5.41, 5.74) is 0.228. The summed E-state index contributed by atoms with van der Waals surface area (Å²) >= 11 is 3.14. The normalized spacial score (nSPS) is 11.3. The monoisotopic (exact) mass is 369 g/mol. The van der Waals surface area contributed by atoms with Crippen LogP contribution in [0.3, 0.4) is 0 Å². The van der Waals surface area contributed by atoms with Crippen LogP contribution in [0, 0.1) is 0 Å². The molecule has 0 fully saturated rings. The standard InChI is InChI=1S/C11H13BrClNO4S/c1-18-4-2-3-14-11(15)8-5-9(12)7-10(6-8)19(13,16)17/h5-7H,2-4H2,1H3,(H,14,15). The largest absolute Gasteiger partial charge is 0.385 e. The molecule has 0 unspecified atom stereocenters. The molecule has 1 N–H and O–H groups in total. The van der Waals surface area contributed by atoms with E-state index in [2.05, 4.69) is 21.2 Å². The highest BCUT2D eigenvalue weighted by Crippen LogP contribution is 2.22. The lowest BCUT2D eigenvalue weighted by molar-refractivity contribution is 0.0948. The van der Waals surface area contributed by atoms with E-state index >= 15 is 0 Å². The maximum Gasteiger partial charge on any atom is 0.261 e. The van der Waals surface area contributed by atoms with Gasteiger partial charge in [-0.15, -0.1) is 0 Å². The lowest BCUT2D eigenvalue weighted by atomic mass is 10.2. The zero-order chi connectivity index (χ0) is 14.5. The molecule has 0 aromatic heterocycles. The number of amides is 1. The second-order valence-corrected chi connectivity index (χ2v) is 7.20. The van der Waals surface area contributed by atoms with Crippen molar-refractivity contribution in [1.82, 2.24) is 5.32 Å². The number of halogens is 2. The molecule has 0 aliphatic heterocycles. The van der Waals surface area contributed by atoms with Crippen LogP contribution in [-0.4, -0.2) is 34.6 Å². The molecule has 5 nitrogen and oxygen atoms in total. The first-order chi connectivity index (χ1) is 8.84. The number of ether oxygens (including phenoxy) is 1. The Morgan fingerprint density at radius 3 is 2.68 bits per heavy atom. The van der Waals surface area contributed by atoms with E-state index in [-0.39, 0.29) is 16.4 Å². The van der Waals surface area contributed by atoms with E-state index in [1.807, 2.05) is 0 Å². The van der Waals surface area contributed by atoms with Crippen molar-refractivity contribution in [2.45, 2.75) is 11.3 Å². The number of methoxy groups -OCH3 is 1. The van der Waals surface area contributed by atoms with Gasteiger partial charge in [-0.3, -0.25) is 4.79 Å². The van der Waals surface area contributed by atoms with Crippen molar-refractivity contribution in [2.24, 2.45) is 0 Å². The summed E-state index contributed by atoms with van der Waals surface area (Å²) < 4.78 is 27.8. The third-order valence-electron chi connectivity index (χ3n) is 2.23. The molecule has 0 saturated heterocycles. The van der Waals surface area contributed by atoms with E-state index in [1.54, 1.807) is 7.11 Å². The number of benzene rings is 1. The van der Waals surface area contributed by atoms with Crippen LogP contribution in [0.5, 0.6) is 0 Å². The van der Waals surface area contributed by atoms with Crippen molar-refractivity contribution >= 4 is 41.6 Å². The maximum atomic E-state index is 11.8. The second kappa shape index (κ2) is 7.23. The average molecular weight is 371 g/mol. The summed E-state index contributed by atoms with van der Waals surface area (Å²) in [4.78, 5) is 11.7. The molecule has 1 amide bonds. The number of hydrogen-bond acceptors (Lipinski definition) is 4.